The van der Waals surface area contributed by atoms with E-state index in [0.717, 1.165) is 5.56 Å². The van der Waals surface area contributed by atoms with E-state index in [9.17, 15) is 4.79 Å². The van der Waals surface area contributed by atoms with Gasteiger partial charge in [0.15, 0.2) is 11.5 Å². The monoisotopic (exact) mass is 292 g/mol. The summed E-state index contributed by atoms with van der Waals surface area (Å²) in [6.45, 7) is 1.87. The second-order valence-electron chi connectivity index (χ2n) is 4.17. The van der Waals surface area contributed by atoms with E-state index in [1.54, 1.807) is 39.5 Å². The summed E-state index contributed by atoms with van der Waals surface area (Å²) in [5.74, 6) is 1.67. The molecule has 0 atom stereocenters. The van der Waals surface area contributed by atoms with Crippen LogP contribution < -0.4 is 14.2 Å². The molecule has 0 aliphatic rings. The van der Waals surface area contributed by atoms with E-state index in [4.69, 9.17) is 14.2 Å². The standard InChI is InChI=1S/C15H16O4S/c1-9-7-12(18-3)13(19-4)8-10(9)14(16)15-11(17-2)5-6-20-15/h5-8H,1-4H3. The molecule has 0 amide bonds. The zero-order chi connectivity index (χ0) is 14.7. The highest BCUT2D eigenvalue weighted by molar-refractivity contribution is 7.12. The third-order valence-electron chi connectivity index (χ3n) is 3.03. The number of methoxy groups -OCH3 is 3. The van der Waals surface area contributed by atoms with Gasteiger partial charge in [0.2, 0.25) is 5.78 Å². The normalized spacial score (nSPS) is 10.2. The topological polar surface area (TPSA) is 44.8 Å². The molecule has 1 aromatic heterocycles. The zero-order valence-electron chi connectivity index (χ0n) is 11.9. The highest BCUT2D eigenvalue weighted by Gasteiger charge is 2.20. The average Bonchev–Trinajstić information content (AvgIpc) is 2.94. The van der Waals surface area contributed by atoms with Gasteiger partial charge in [-0.25, -0.2) is 0 Å². The molecule has 0 spiro atoms. The molecule has 20 heavy (non-hydrogen) atoms. The minimum atomic E-state index is -0.0738. The van der Waals surface area contributed by atoms with Gasteiger partial charge in [-0.3, -0.25) is 4.79 Å². The van der Waals surface area contributed by atoms with Gasteiger partial charge in [0, 0.05) is 5.56 Å². The van der Waals surface area contributed by atoms with Gasteiger partial charge in [-0.15, -0.1) is 11.3 Å². The van der Waals surface area contributed by atoms with Gasteiger partial charge in [0.05, 0.1) is 21.3 Å². The van der Waals surface area contributed by atoms with Crippen LogP contribution in [0.15, 0.2) is 23.6 Å². The fraction of sp³-hybridized carbons (Fsp3) is 0.267. The lowest BCUT2D eigenvalue weighted by Crippen LogP contribution is -2.05. The maximum Gasteiger partial charge on any atom is 0.207 e. The van der Waals surface area contributed by atoms with Gasteiger partial charge in [0.25, 0.3) is 0 Å². The van der Waals surface area contributed by atoms with Crippen LogP contribution in [0.5, 0.6) is 17.2 Å². The SMILES string of the molecule is COc1cc(C)c(C(=O)c2sccc2OC)cc1OC. The fourth-order valence-electron chi connectivity index (χ4n) is 1.97. The first-order valence-electron chi connectivity index (χ1n) is 6.01. The van der Waals surface area contributed by atoms with Crippen LogP contribution in [0.25, 0.3) is 0 Å². The lowest BCUT2D eigenvalue weighted by molar-refractivity contribution is 0.103. The summed E-state index contributed by atoms with van der Waals surface area (Å²) >= 11 is 1.36. The van der Waals surface area contributed by atoms with Gasteiger partial charge in [-0.2, -0.15) is 0 Å². The number of hydrogen-bond acceptors (Lipinski definition) is 5. The van der Waals surface area contributed by atoms with Crippen LogP contribution in [-0.4, -0.2) is 27.1 Å². The van der Waals surface area contributed by atoms with E-state index in [1.165, 1.54) is 11.3 Å². The van der Waals surface area contributed by atoms with Crippen LogP contribution in [-0.2, 0) is 0 Å². The molecule has 0 unspecified atom stereocenters. The van der Waals surface area contributed by atoms with Gasteiger partial charge in [-0.05, 0) is 36.1 Å². The molecule has 0 radical (unpaired) electrons. The molecule has 1 heterocycles. The van der Waals surface area contributed by atoms with Gasteiger partial charge in [0.1, 0.15) is 10.6 Å². The number of benzene rings is 1. The van der Waals surface area contributed by atoms with Crippen molar-refractivity contribution < 1.29 is 19.0 Å². The number of rotatable bonds is 5. The number of carbonyl (C=O) groups excluding carboxylic acids is 1. The summed E-state index contributed by atoms with van der Waals surface area (Å²) in [6, 6.07) is 5.29. The van der Waals surface area contributed by atoms with Crippen LogP contribution in [0.1, 0.15) is 20.8 Å². The van der Waals surface area contributed by atoms with Crippen molar-refractivity contribution >= 4 is 17.1 Å². The molecule has 2 aromatic rings. The van der Waals surface area contributed by atoms with Crippen LogP contribution in [0.4, 0.5) is 0 Å². The number of hydrogen-bond donors (Lipinski definition) is 0. The minimum Gasteiger partial charge on any atom is -0.495 e. The van der Waals surface area contributed by atoms with Crippen LogP contribution >= 0.6 is 11.3 Å². The van der Waals surface area contributed by atoms with Crippen molar-refractivity contribution in [1.82, 2.24) is 0 Å². The van der Waals surface area contributed by atoms with Crippen molar-refractivity contribution in [2.45, 2.75) is 6.92 Å². The molecule has 1 aromatic carbocycles. The maximum atomic E-state index is 12.6. The van der Waals surface area contributed by atoms with Gasteiger partial charge < -0.3 is 14.2 Å². The molecule has 106 valence electrons. The Hall–Kier alpha value is -2.01. The molecular formula is C15H16O4S. The molecule has 0 N–H and O–H groups in total. The van der Waals surface area contributed by atoms with E-state index >= 15 is 0 Å². The number of ketones is 1. The second-order valence-corrected chi connectivity index (χ2v) is 5.09. The summed E-state index contributed by atoms with van der Waals surface area (Å²) in [5.41, 5.74) is 1.42. The molecule has 0 saturated carbocycles. The van der Waals surface area contributed by atoms with Crippen molar-refractivity contribution in [3.8, 4) is 17.2 Å². The van der Waals surface area contributed by atoms with Crippen LogP contribution in [0.2, 0.25) is 0 Å². The largest absolute Gasteiger partial charge is 0.495 e. The predicted molar refractivity (Wildman–Crippen MR) is 78.6 cm³/mol. The minimum absolute atomic E-state index is 0.0738. The third kappa shape index (κ3) is 2.49. The summed E-state index contributed by atoms with van der Waals surface area (Å²) in [5, 5.41) is 1.84. The Balaban J connectivity index is 2.50. The molecule has 2 rings (SSSR count). The highest BCUT2D eigenvalue weighted by atomic mass is 32.1. The lowest BCUT2D eigenvalue weighted by atomic mass is 10.0. The average molecular weight is 292 g/mol. The first-order chi connectivity index (χ1) is 9.62. The molecule has 0 aliphatic heterocycles. The second kappa shape index (κ2) is 5.96. The van der Waals surface area contributed by atoms with Crippen molar-refractivity contribution in [2.75, 3.05) is 21.3 Å². The fourth-order valence-corrected chi connectivity index (χ4v) is 2.78. The van der Waals surface area contributed by atoms with Crippen LogP contribution in [0, 0.1) is 6.92 Å². The van der Waals surface area contributed by atoms with Crippen molar-refractivity contribution in [2.24, 2.45) is 0 Å². The summed E-state index contributed by atoms with van der Waals surface area (Å²) < 4.78 is 15.7. The number of ether oxygens (including phenoxy) is 3. The summed E-state index contributed by atoms with van der Waals surface area (Å²) in [4.78, 5) is 13.2. The first kappa shape index (κ1) is 14.4. The molecule has 5 heteroatoms. The van der Waals surface area contributed by atoms with Crippen molar-refractivity contribution in [3.05, 3.63) is 39.6 Å². The number of carbonyl (C=O) groups is 1. The Kier molecular flexibility index (Phi) is 4.29. The van der Waals surface area contributed by atoms with E-state index in [0.29, 0.717) is 27.7 Å². The molecule has 0 aliphatic carbocycles. The van der Waals surface area contributed by atoms with Crippen molar-refractivity contribution in [3.63, 3.8) is 0 Å². The Bertz CT molecular complexity index is 631. The van der Waals surface area contributed by atoms with E-state index in [-0.39, 0.29) is 5.78 Å². The smallest absolute Gasteiger partial charge is 0.207 e. The predicted octanol–water partition coefficient (Wildman–Crippen LogP) is 3.31. The zero-order valence-corrected chi connectivity index (χ0v) is 12.7. The lowest BCUT2D eigenvalue weighted by Gasteiger charge is -2.12. The highest BCUT2D eigenvalue weighted by Crippen LogP contribution is 2.34. The number of thiophene rings is 1. The maximum absolute atomic E-state index is 12.6. The molecular weight excluding hydrogens is 276 g/mol. The van der Waals surface area contributed by atoms with E-state index < -0.39 is 0 Å². The summed E-state index contributed by atoms with van der Waals surface area (Å²) in [7, 11) is 4.68. The van der Waals surface area contributed by atoms with Gasteiger partial charge in [-0.1, -0.05) is 0 Å². The van der Waals surface area contributed by atoms with E-state index in [1.807, 2.05) is 12.3 Å². The van der Waals surface area contributed by atoms with Gasteiger partial charge >= 0.3 is 0 Å². The summed E-state index contributed by atoms with van der Waals surface area (Å²) in [6.07, 6.45) is 0. The molecule has 4 nitrogen and oxygen atoms in total. The molecule has 0 bridgehead atoms. The Labute approximate surface area is 121 Å². The van der Waals surface area contributed by atoms with Crippen molar-refractivity contribution in [1.29, 1.82) is 0 Å². The number of aryl methyl sites for hydroxylation is 1. The van der Waals surface area contributed by atoms with E-state index in [2.05, 4.69) is 0 Å². The quantitative estimate of drug-likeness (QED) is 0.793. The Morgan fingerprint density at radius 3 is 2.20 bits per heavy atom. The van der Waals surface area contributed by atoms with Crippen LogP contribution in [0.3, 0.4) is 0 Å². The third-order valence-corrected chi connectivity index (χ3v) is 3.92. The Morgan fingerprint density at radius 1 is 1.00 bits per heavy atom. The molecule has 0 fully saturated rings. The Morgan fingerprint density at radius 2 is 1.60 bits per heavy atom. The molecule has 0 saturated heterocycles. The first-order valence-corrected chi connectivity index (χ1v) is 6.89.